The van der Waals surface area contributed by atoms with Crippen molar-refractivity contribution in [3.05, 3.63) is 71.1 Å². The Kier molecular flexibility index (Phi) is 5.70. The highest BCUT2D eigenvalue weighted by atomic mass is 16.4. The normalized spacial score (nSPS) is 26.2. The first kappa shape index (κ1) is 23.0. The van der Waals surface area contributed by atoms with Crippen LogP contribution in [0.5, 0.6) is 0 Å². The van der Waals surface area contributed by atoms with Crippen LogP contribution in [0.3, 0.4) is 0 Å². The summed E-state index contributed by atoms with van der Waals surface area (Å²) in [5, 5.41) is 12.1. The van der Waals surface area contributed by atoms with E-state index in [1.54, 1.807) is 12.1 Å². The van der Waals surface area contributed by atoms with Crippen LogP contribution in [0.15, 0.2) is 52.9 Å². The molecule has 0 atom stereocenters. The van der Waals surface area contributed by atoms with Gasteiger partial charge in [0.05, 0.1) is 5.56 Å². The van der Waals surface area contributed by atoms with Gasteiger partial charge in [0.2, 0.25) is 5.89 Å². The molecule has 0 unspecified atom stereocenters. The second kappa shape index (κ2) is 8.91. The van der Waals surface area contributed by atoms with Crippen molar-refractivity contribution in [1.82, 2.24) is 4.98 Å². The molecule has 4 aliphatic rings. The molecule has 7 rings (SSSR count). The third kappa shape index (κ3) is 4.45. The molecule has 4 saturated carbocycles. The molecule has 1 heterocycles. The highest BCUT2D eigenvalue weighted by Crippen LogP contribution is 2.61. The van der Waals surface area contributed by atoms with E-state index in [0.717, 1.165) is 35.3 Å². The SMILES string of the molecule is Cc1ccc(-c2nc(C(=O)Nc3cccc(C(=O)O)c3)c(CCC34CC5CC(CC(C5)C3)C4)o2)cc1. The highest BCUT2D eigenvalue weighted by Gasteiger charge is 2.50. The molecule has 1 aromatic heterocycles. The molecule has 2 aromatic carbocycles. The number of anilines is 1. The lowest BCUT2D eigenvalue weighted by atomic mass is 9.48. The van der Waals surface area contributed by atoms with Gasteiger partial charge in [-0.3, -0.25) is 4.79 Å². The smallest absolute Gasteiger partial charge is 0.335 e. The molecule has 2 N–H and O–H groups in total. The van der Waals surface area contributed by atoms with Crippen molar-refractivity contribution in [2.24, 2.45) is 23.2 Å². The van der Waals surface area contributed by atoms with Crippen molar-refractivity contribution in [3.8, 4) is 11.5 Å². The van der Waals surface area contributed by atoms with Crippen LogP contribution in [0.25, 0.3) is 11.5 Å². The van der Waals surface area contributed by atoms with Crippen LogP contribution < -0.4 is 5.32 Å². The molecular weight excluding hydrogens is 452 g/mol. The van der Waals surface area contributed by atoms with E-state index < -0.39 is 5.97 Å². The number of aromatic nitrogens is 1. The minimum Gasteiger partial charge on any atom is -0.478 e. The number of oxazole rings is 1. The lowest BCUT2D eigenvalue weighted by Gasteiger charge is -2.57. The monoisotopic (exact) mass is 484 g/mol. The van der Waals surface area contributed by atoms with Crippen LogP contribution in [-0.4, -0.2) is 22.0 Å². The Morgan fingerprint density at radius 3 is 2.33 bits per heavy atom. The van der Waals surface area contributed by atoms with Crippen molar-refractivity contribution in [2.45, 2.75) is 58.3 Å². The summed E-state index contributed by atoms with van der Waals surface area (Å²) in [5.74, 6) is 2.27. The van der Waals surface area contributed by atoms with Gasteiger partial charge in [-0.25, -0.2) is 9.78 Å². The van der Waals surface area contributed by atoms with Crippen molar-refractivity contribution in [2.75, 3.05) is 5.32 Å². The van der Waals surface area contributed by atoms with Crippen LogP contribution in [0.2, 0.25) is 0 Å². The summed E-state index contributed by atoms with van der Waals surface area (Å²) in [7, 11) is 0. The van der Waals surface area contributed by atoms with E-state index in [1.807, 2.05) is 31.2 Å². The number of nitrogens with one attached hydrogen (secondary N) is 1. The zero-order chi connectivity index (χ0) is 24.9. The average Bonchev–Trinajstić information content (AvgIpc) is 3.27. The average molecular weight is 485 g/mol. The standard InChI is InChI=1S/C30H32N2O4/c1-18-5-7-22(8-6-18)28-32-26(27(33)31-24-4-2-3-23(14-24)29(34)35)25(36-28)9-10-30-15-19-11-20(16-30)13-21(12-19)17-30/h2-8,14,19-21H,9-13,15-17H2,1H3,(H,31,33)(H,34,35). The van der Waals surface area contributed by atoms with E-state index in [1.165, 1.54) is 50.7 Å². The topological polar surface area (TPSA) is 92.4 Å². The minimum atomic E-state index is -1.04. The summed E-state index contributed by atoms with van der Waals surface area (Å²) in [6.45, 7) is 2.03. The van der Waals surface area contributed by atoms with Gasteiger partial charge in [0.15, 0.2) is 5.69 Å². The zero-order valence-electron chi connectivity index (χ0n) is 20.6. The Morgan fingerprint density at radius 2 is 1.69 bits per heavy atom. The predicted molar refractivity (Wildman–Crippen MR) is 137 cm³/mol. The van der Waals surface area contributed by atoms with Crippen LogP contribution in [0.4, 0.5) is 5.69 Å². The maximum Gasteiger partial charge on any atom is 0.335 e. The summed E-state index contributed by atoms with van der Waals surface area (Å²) < 4.78 is 6.26. The van der Waals surface area contributed by atoms with Gasteiger partial charge in [0, 0.05) is 17.7 Å². The maximum atomic E-state index is 13.4. The van der Waals surface area contributed by atoms with E-state index in [-0.39, 0.29) is 17.2 Å². The van der Waals surface area contributed by atoms with Crippen LogP contribution >= 0.6 is 0 Å². The van der Waals surface area contributed by atoms with E-state index in [2.05, 4.69) is 10.3 Å². The predicted octanol–water partition coefficient (Wildman–Crippen LogP) is 6.75. The number of carboxylic acid groups (broad SMARTS) is 1. The number of carbonyl (C=O) groups is 2. The van der Waals surface area contributed by atoms with Crippen LogP contribution in [0.1, 0.15) is 77.1 Å². The molecule has 0 aliphatic heterocycles. The fourth-order valence-electron chi connectivity index (χ4n) is 7.41. The molecular formula is C30H32N2O4. The zero-order valence-corrected chi connectivity index (χ0v) is 20.6. The van der Waals surface area contributed by atoms with Gasteiger partial charge in [-0.05, 0) is 105 Å². The maximum absolute atomic E-state index is 13.4. The number of hydrogen-bond acceptors (Lipinski definition) is 4. The molecule has 186 valence electrons. The Bertz CT molecular complexity index is 1270. The first-order valence-electron chi connectivity index (χ1n) is 13.1. The molecule has 36 heavy (non-hydrogen) atoms. The van der Waals surface area contributed by atoms with E-state index >= 15 is 0 Å². The van der Waals surface area contributed by atoms with Gasteiger partial charge in [-0.15, -0.1) is 0 Å². The second-order valence-corrected chi connectivity index (χ2v) is 11.4. The van der Waals surface area contributed by atoms with Crippen molar-refractivity contribution in [1.29, 1.82) is 0 Å². The van der Waals surface area contributed by atoms with Crippen LogP contribution in [-0.2, 0) is 6.42 Å². The first-order chi connectivity index (χ1) is 17.4. The van der Waals surface area contributed by atoms with Crippen molar-refractivity contribution >= 4 is 17.6 Å². The van der Waals surface area contributed by atoms with E-state index in [4.69, 9.17) is 4.42 Å². The Morgan fingerprint density at radius 1 is 1.03 bits per heavy atom. The third-order valence-corrected chi connectivity index (χ3v) is 8.63. The van der Waals surface area contributed by atoms with Gasteiger partial charge in [-0.1, -0.05) is 23.8 Å². The molecule has 4 aliphatic carbocycles. The quantitative estimate of drug-likeness (QED) is 0.387. The lowest BCUT2D eigenvalue weighted by molar-refractivity contribution is -0.0575. The number of nitrogens with zero attached hydrogens (tertiary/aromatic N) is 1. The number of rotatable bonds is 7. The molecule has 0 radical (unpaired) electrons. The van der Waals surface area contributed by atoms with Crippen molar-refractivity contribution < 1.29 is 19.1 Å². The molecule has 6 heteroatoms. The van der Waals surface area contributed by atoms with Crippen molar-refractivity contribution in [3.63, 3.8) is 0 Å². The minimum absolute atomic E-state index is 0.121. The molecule has 0 saturated heterocycles. The van der Waals surface area contributed by atoms with Gasteiger partial charge in [0.25, 0.3) is 5.91 Å². The van der Waals surface area contributed by atoms with E-state index in [0.29, 0.717) is 29.2 Å². The molecule has 6 nitrogen and oxygen atoms in total. The summed E-state index contributed by atoms with van der Waals surface area (Å²) in [5.41, 5.74) is 3.18. The summed E-state index contributed by atoms with van der Waals surface area (Å²) >= 11 is 0. The Labute approximate surface area is 211 Å². The van der Waals surface area contributed by atoms with E-state index in [9.17, 15) is 14.7 Å². The number of carbonyl (C=O) groups excluding carboxylic acids is 1. The molecule has 0 spiro atoms. The summed E-state index contributed by atoms with van der Waals surface area (Å²) in [6.07, 6.45) is 9.84. The number of amides is 1. The number of benzene rings is 2. The van der Waals surface area contributed by atoms with Gasteiger partial charge in [0.1, 0.15) is 5.76 Å². The molecule has 4 fully saturated rings. The first-order valence-corrected chi connectivity index (χ1v) is 13.1. The number of aromatic carboxylic acids is 1. The summed E-state index contributed by atoms with van der Waals surface area (Å²) in [6, 6.07) is 14.2. The fourth-order valence-corrected chi connectivity index (χ4v) is 7.41. The largest absolute Gasteiger partial charge is 0.478 e. The molecule has 4 bridgehead atoms. The lowest BCUT2D eigenvalue weighted by Crippen LogP contribution is -2.46. The molecule has 1 amide bonds. The second-order valence-electron chi connectivity index (χ2n) is 11.4. The number of hydrogen-bond donors (Lipinski definition) is 2. The van der Waals surface area contributed by atoms with Gasteiger partial charge < -0.3 is 14.8 Å². The van der Waals surface area contributed by atoms with Gasteiger partial charge in [-0.2, -0.15) is 0 Å². The highest BCUT2D eigenvalue weighted by molar-refractivity contribution is 6.04. The number of carboxylic acids is 1. The number of aryl methyl sites for hydroxylation is 2. The van der Waals surface area contributed by atoms with Crippen LogP contribution in [0, 0.1) is 30.1 Å². The fraction of sp³-hybridized carbons (Fsp3) is 0.433. The Balaban J connectivity index is 1.27. The third-order valence-electron chi connectivity index (χ3n) is 8.63. The molecule has 3 aromatic rings. The Hall–Kier alpha value is -3.41. The summed E-state index contributed by atoms with van der Waals surface area (Å²) in [4.78, 5) is 29.3. The van der Waals surface area contributed by atoms with Gasteiger partial charge >= 0.3 is 5.97 Å².